The Bertz CT molecular complexity index is 1050. The molecule has 1 aliphatic carbocycles. The number of hydrogen-bond acceptors (Lipinski definition) is 4. The second-order valence-electron chi connectivity index (χ2n) is 6.15. The topological polar surface area (TPSA) is 94.3 Å². The molecule has 3 rings (SSSR count). The van der Waals surface area contributed by atoms with E-state index >= 15 is 0 Å². The van der Waals surface area contributed by atoms with Crippen LogP contribution in [-0.4, -0.2) is 17.6 Å². The molecule has 0 heterocycles. The van der Waals surface area contributed by atoms with Gasteiger partial charge in [-0.15, -0.1) is 0 Å². The van der Waals surface area contributed by atoms with Crippen molar-refractivity contribution in [2.75, 3.05) is 0 Å². The third-order valence-corrected chi connectivity index (χ3v) is 4.45. The minimum atomic E-state index is -0.662. The zero-order valence-corrected chi connectivity index (χ0v) is 16.1. The SMILES string of the molecule is N#CC(N=C1C=CC(NC(=O)NC(=O)c2ccccc2Cl)=CC1)c1ccccc1. The van der Waals surface area contributed by atoms with Gasteiger partial charge in [-0.05, 0) is 29.8 Å². The van der Waals surface area contributed by atoms with Crippen LogP contribution in [0.4, 0.5) is 4.79 Å². The molecule has 0 bridgehead atoms. The van der Waals surface area contributed by atoms with Crippen LogP contribution in [0.2, 0.25) is 5.02 Å². The Labute approximate surface area is 173 Å². The van der Waals surface area contributed by atoms with Crippen LogP contribution in [0.25, 0.3) is 0 Å². The van der Waals surface area contributed by atoms with E-state index in [-0.39, 0.29) is 10.6 Å². The predicted molar refractivity (Wildman–Crippen MR) is 112 cm³/mol. The first-order valence-corrected chi connectivity index (χ1v) is 9.21. The van der Waals surface area contributed by atoms with Gasteiger partial charge in [0.2, 0.25) is 0 Å². The molecule has 29 heavy (non-hydrogen) atoms. The van der Waals surface area contributed by atoms with Gasteiger partial charge < -0.3 is 5.32 Å². The number of rotatable bonds is 4. The highest BCUT2D eigenvalue weighted by Crippen LogP contribution is 2.18. The zero-order chi connectivity index (χ0) is 20.6. The highest BCUT2D eigenvalue weighted by Gasteiger charge is 2.15. The predicted octanol–water partition coefficient (Wildman–Crippen LogP) is 4.33. The summed E-state index contributed by atoms with van der Waals surface area (Å²) in [7, 11) is 0. The normalized spacial score (nSPS) is 15.2. The summed E-state index contributed by atoms with van der Waals surface area (Å²) in [4.78, 5) is 28.6. The number of nitriles is 1. The minimum absolute atomic E-state index is 0.218. The van der Waals surface area contributed by atoms with E-state index in [1.165, 1.54) is 6.07 Å². The van der Waals surface area contributed by atoms with E-state index in [1.54, 1.807) is 36.4 Å². The van der Waals surface area contributed by atoms with Crippen molar-refractivity contribution < 1.29 is 9.59 Å². The maximum atomic E-state index is 12.1. The van der Waals surface area contributed by atoms with Gasteiger partial charge in [0, 0.05) is 17.8 Å². The Hall–Kier alpha value is -3.69. The molecule has 1 aliphatic rings. The third kappa shape index (κ3) is 5.41. The van der Waals surface area contributed by atoms with Crippen LogP contribution in [0.15, 0.2) is 83.5 Å². The van der Waals surface area contributed by atoms with Crippen LogP contribution in [0, 0.1) is 11.3 Å². The molecule has 6 nitrogen and oxygen atoms in total. The van der Waals surface area contributed by atoms with Gasteiger partial charge in [-0.1, -0.05) is 60.1 Å². The van der Waals surface area contributed by atoms with Crippen molar-refractivity contribution in [2.45, 2.75) is 12.5 Å². The van der Waals surface area contributed by atoms with E-state index in [0.29, 0.717) is 12.1 Å². The fourth-order valence-corrected chi connectivity index (χ4v) is 2.90. The van der Waals surface area contributed by atoms with Gasteiger partial charge in [-0.25, -0.2) is 4.79 Å². The van der Waals surface area contributed by atoms with Crippen molar-refractivity contribution in [1.29, 1.82) is 5.26 Å². The summed E-state index contributed by atoms with van der Waals surface area (Å²) in [5.74, 6) is -0.588. The van der Waals surface area contributed by atoms with Gasteiger partial charge in [-0.3, -0.25) is 15.1 Å². The van der Waals surface area contributed by atoms with Crippen LogP contribution in [0.1, 0.15) is 28.4 Å². The molecule has 0 fully saturated rings. The molecule has 0 aromatic heterocycles. The lowest BCUT2D eigenvalue weighted by atomic mass is 10.1. The van der Waals surface area contributed by atoms with Crippen LogP contribution < -0.4 is 10.6 Å². The summed E-state index contributed by atoms with van der Waals surface area (Å²) in [6.45, 7) is 0. The molecule has 2 aromatic rings. The number of carbonyl (C=O) groups is 2. The van der Waals surface area contributed by atoms with Crippen LogP contribution in [0.5, 0.6) is 0 Å². The van der Waals surface area contributed by atoms with Gasteiger partial charge in [0.1, 0.15) is 0 Å². The Balaban J connectivity index is 1.58. The molecule has 2 aromatic carbocycles. The number of nitrogens with zero attached hydrogens (tertiary/aromatic N) is 2. The van der Waals surface area contributed by atoms with E-state index in [1.807, 2.05) is 30.3 Å². The molecule has 1 unspecified atom stereocenters. The summed E-state index contributed by atoms with van der Waals surface area (Å²) >= 11 is 5.96. The zero-order valence-electron chi connectivity index (χ0n) is 15.3. The minimum Gasteiger partial charge on any atom is -0.308 e. The van der Waals surface area contributed by atoms with Crippen molar-refractivity contribution >= 4 is 29.3 Å². The Morgan fingerprint density at radius 1 is 1.07 bits per heavy atom. The van der Waals surface area contributed by atoms with Gasteiger partial charge in [0.15, 0.2) is 6.04 Å². The van der Waals surface area contributed by atoms with E-state index in [4.69, 9.17) is 11.6 Å². The van der Waals surface area contributed by atoms with E-state index in [2.05, 4.69) is 21.7 Å². The summed E-state index contributed by atoms with van der Waals surface area (Å²) in [6.07, 6.45) is 5.62. The van der Waals surface area contributed by atoms with Gasteiger partial charge >= 0.3 is 6.03 Å². The number of halogens is 1. The lowest BCUT2D eigenvalue weighted by molar-refractivity contribution is 0.0965. The first kappa shape index (κ1) is 20.1. The van der Waals surface area contributed by atoms with Gasteiger partial charge in [-0.2, -0.15) is 5.26 Å². The number of imide groups is 1. The van der Waals surface area contributed by atoms with E-state index in [0.717, 1.165) is 11.3 Å². The highest BCUT2D eigenvalue weighted by molar-refractivity contribution is 6.34. The number of nitrogens with one attached hydrogen (secondary N) is 2. The Kier molecular flexibility index (Phi) is 6.56. The quantitative estimate of drug-likeness (QED) is 0.794. The fraction of sp³-hybridized carbons (Fsp3) is 0.0909. The number of amides is 3. The number of carbonyl (C=O) groups excluding carboxylic acids is 2. The molecule has 0 aliphatic heterocycles. The molecule has 1 atom stereocenters. The first-order chi connectivity index (χ1) is 14.1. The number of benzene rings is 2. The van der Waals surface area contributed by atoms with E-state index < -0.39 is 18.0 Å². The maximum Gasteiger partial charge on any atom is 0.326 e. The molecule has 0 saturated carbocycles. The second kappa shape index (κ2) is 9.49. The van der Waals surface area contributed by atoms with Crippen LogP contribution in [-0.2, 0) is 0 Å². The maximum absolute atomic E-state index is 12.1. The molecular formula is C22H17ClN4O2. The molecule has 7 heteroatoms. The van der Waals surface area contributed by atoms with Crippen molar-refractivity contribution in [1.82, 2.24) is 10.6 Å². The summed E-state index contributed by atoms with van der Waals surface area (Å²) in [6, 6.07) is 16.7. The number of allylic oxidation sites excluding steroid dienone is 3. The molecule has 2 N–H and O–H groups in total. The molecule has 3 amide bonds. The molecule has 144 valence electrons. The Morgan fingerprint density at radius 2 is 1.79 bits per heavy atom. The fourth-order valence-electron chi connectivity index (χ4n) is 2.68. The third-order valence-electron chi connectivity index (χ3n) is 4.12. The smallest absolute Gasteiger partial charge is 0.308 e. The first-order valence-electron chi connectivity index (χ1n) is 8.83. The Morgan fingerprint density at radius 3 is 2.45 bits per heavy atom. The van der Waals surface area contributed by atoms with Crippen molar-refractivity contribution in [3.63, 3.8) is 0 Å². The summed E-state index contributed by atoms with van der Waals surface area (Å²) in [5.41, 5.74) is 2.29. The van der Waals surface area contributed by atoms with Crippen molar-refractivity contribution in [3.05, 3.63) is 94.7 Å². The number of hydrogen-bond donors (Lipinski definition) is 2. The average Bonchev–Trinajstić information content (AvgIpc) is 2.74. The molecule has 0 radical (unpaired) electrons. The summed E-state index contributed by atoms with van der Waals surface area (Å²) < 4.78 is 0. The monoisotopic (exact) mass is 404 g/mol. The number of aliphatic imine (C=N–C) groups is 1. The molecular weight excluding hydrogens is 388 g/mol. The number of urea groups is 1. The van der Waals surface area contributed by atoms with Crippen molar-refractivity contribution in [2.24, 2.45) is 4.99 Å². The average molecular weight is 405 g/mol. The second-order valence-corrected chi connectivity index (χ2v) is 6.55. The van der Waals surface area contributed by atoms with Crippen molar-refractivity contribution in [3.8, 4) is 6.07 Å². The molecule has 0 saturated heterocycles. The van der Waals surface area contributed by atoms with Gasteiger partial charge in [0.05, 0.1) is 16.7 Å². The van der Waals surface area contributed by atoms with Crippen LogP contribution in [0.3, 0.4) is 0 Å². The molecule has 0 spiro atoms. The standard InChI is InChI=1S/C22H17ClN4O2/c23-19-9-5-4-8-18(19)21(28)27-22(29)26-17-12-10-16(11-13-17)25-20(14-24)15-6-2-1-3-7-15/h1-10,12-13,20H,11H2,(H2,26,27,28,29). The largest absolute Gasteiger partial charge is 0.326 e. The van der Waals surface area contributed by atoms with Crippen LogP contribution >= 0.6 is 11.6 Å². The lowest BCUT2D eigenvalue weighted by Gasteiger charge is -2.12. The van der Waals surface area contributed by atoms with Gasteiger partial charge in [0.25, 0.3) is 5.91 Å². The van der Waals surface area contributed by atoms with E-state index in [9.17, 15) is 14.9 Å². The lowest BCUT2D eigenvalue weighted by Crippen LogP contribution is -2.39. The highest BCUT2D eigenvalue weighted by atomic mass is 35.5. The summed E-state index contributed by atoms with van der Waals surface area (Å²) in [5, 5.41) is 14.5.